The number of carbonyl (C=O) groups is 2. The summed E-state index contributed by atoms with van der Waals surface area (Å²) < 4.78 is 5.28. The van der Waals surface area contributed by atoms with E-state index in [0.29, 0.717) is 23.3 Å². The van der Waals surface area contributed by atoms with E-state index < -0.39 is 5.41 Å². The average Bonchev–Trinajstić information content (AvgIpc) is 3.56. The average molecular weight is 388 g/mol. The highest BCUT2D eigenvalue weighted by Gasteiger charge is 2.51. The number of allylic oxidation sites excluding steroid dienone is 1. The van der Waals surface area contributed by atoms with Gasteiger partial charge in [0.25, 0.3) is 0 Å². The minimum absolute atomic E-state index is 0.0106. The van der Waals surface area contributed by atoms with E-state index in [1.54, 1.807) is 31.5 Å². The molecule has 1 amide bonds. The summed E-state index contributed by atoms with van der Waals surface area (Å²) >= 11 is 0. The van der Waals surface area contributed by atoms with Crippen LogP contribution in [-0.4, -0.2) is 31.2 Å². The Bertz CT molecular complexity index is 1000. The first-order valence-corrected chi connectivity index (χ1v) is 9.83. The Hall–Kier alpha value is -3.21. The summed E-state index contributed by atoms with van der Waals surface area (Å²) in [5.41, 5.74) is 2.83. The van der Waals surface area contributed by atoms with Crippen LogP contribution < -0.4 is 10.1 Å². The van der Waals surface area contributed by atoms with E-state index in [9.17, 15) is 9.59 Å². The van der Waals surface area contributed by atoms with Crippen LogP contribution in [0.25, 0.3) is 0 Å². The van der Waals surface area contributed by atoms with Gasteiger partial charge in [-0.1, -0.05) is 48.0 Å². The van der Waals surface area contributed by atoms with E-state index in [1.165, 1.54) is 5.56 Å². The normalized spacial score (nSPS) is 19.2. The first-order chi connectivity index (χ1) is 14.0. The van der Waals surface area contributed by atoms with Crippen molar-refractivity contribution in [3.63, 3.8) is 0 Å². The third-order valence-electron chi connectivity index (χ3n) is 5.65. The zero-order valence-corrected chi connectivity index (χ0v) is 16.6. The van der Waals surface area contributed by atoms with Gasteiger partial charge in [0, 0.05) is 18.2 Å². The third kappa shape index (κ3) is 3.73. The van der Waals surface area contributed by atoms with Crippen molar-refractivity contribution in [3.05, 3.63) is 76.9 Å². The van der Waals surface area contributed by atoms with Crippen LogP contribution in [0.1, 0.15) is 40.7 Å². The standard InChI is InChI=1S/C24H24N2O3/c1-16-7-10-18(11-8-16)24(13-14-24)23(28)26-21-12-9-17(15-25-21)22(27)19-5-3-4-6-20(19)29-2/h3-11,15,21H,12-14H2,1-2H3,(H,26,28). The first-order valence-electron chi connectivity index (χ1n) is 9.83. The van der Waals surface area contributed by atoms with Crippen LogP contribution in [0.4, 0.5) is 0 Å². The molecule has 5 heteroatoms. The maximum atomic E-state index is 12.9. The van der Waals surface area contributed by atoms with Crippen molar-refractivity contribution < 1.29 is 14.3 Å². The van der Waals surface area contributed by atoms with Crippen LogP contribution in [0.3, 0.4) is 0 Å². The van der Waals surface area contributed by atoms with Crippen molar-refractivity contribution in [1.82, 2.24) is 5.32 Å². The lowest BCUT2D eigenvalue weighted by atomic mass is 9.94. The second-order valence-electron chi connectivity index (χ2n) is 7.64. The molecule has 148 valence electrons. The molecule has 29 heavy (non-hydrogen) atoms. The fourth-order valence-electron chi connectivity index (χ4n) is 3.69. The van der Waals surface area contributed by atoms with Crippen LogP contribution in [0.15, 0.2) is 65.2 Å². The van der Waals surface area contributed by atoms with Gasteiger partial charge in [0.15, 0.2) is 5.78 Å². The molecule has 2 aliphatic rings. The molecule has 1 atom stereocenters. The van der Waals surface area contributed by atoms with E-state index in [0.717, 1.165) is 18.4 Å². The van der Waals surface area contributed by atoms with Crippen molar-refractivity contribution in [2.75, 3.05) is 7.11 Å². The summed E-state index contributed by atoms with van der Waals surface area (Å²) in [7, 11) is 1.54. The quantitative estimate of drug-likeness (QED) is 0.766. The SMILES string of the molecule is COc1ccccc1C(=O)C1=CCC(NC(=O)C2(c3ccc(C)cc3)CC2)N=C1. The first kappa shape index (κ1) is 19.1. The molecule has 0 spiro atoms. The van der Waals surface area contributed by atoms with Crippen LogP contribution in [0, 0.1) is 6.92 Å². The summed E-state index contributed by atoms with van der Waals surface area (Å²) in [6.45, 7) is 2.04. The fourth-order valence-corrected chi connectivity index (χ4v) is 3.69. The van der Waals surface area contributed by atoms with Gasteiger partial charge in [0.2, 0.25) is 5.91 Å². The number of methoxy groups -OCH3 is 1. The lowest BCUT2D eigenvalue weighted by Gasteiger charge is -2.21. The number of aliphatic imine (C=N–C) groups is 1. The van der Waals surface area contributed by atoms with E-state index in [2.05, 4.69) is 10.3 Å². The van der Waals surface area contributed by atoms with Gasteiger partial charge in [-0.2, -0.15) is 0 Å². The second kappa shape index (κ2) is 7.66. The highest BCUT2D eigenvalue weighted by molar-refractivity contribution is 6.22. The number of nitrogens with zero attached hydrogens (tertiary/aromatic N) is 1. The fraction of sp³-hybridized carbons (Fsp3) is 0.292. The van der Waals surface area contributed by atoms with Gasteiger partial charge in [0.05, 0.1) is 18.1 Å². The number of ketones is 1. The predicted molar refractivity (Wildman–Crippen MR) is 113 cm³/mol. The van der Waals surface area contributed by atoms with Gasteiger partial charge >= 0.3 is 0 Å². The molecule has 0 aromatic heterocycles. The van der Waals surface area contributed by atoms with Gasteiger partial charge in [-0.05, 0) is 37.5 Å². The molecular weight excluding hydrogens is 364 g/mol. The molecule has 1 N–H and O–H groups in total. The number of aryl methyl sites for hydroxylation is 1. The zero-order valence-electron chi connectivity index (χ0n) is 16.6. The van der Waals surface area contributed by atoms with Crippen molar-refractivity contribution >= 4 is 17.9 Å². The van der Waals surface area contributed by atoms with Crippen LogP contribution >= 0.6 is 0 Å². The minimum Gasteiger partial charge on any atom is -0.496 e. The number of dihydropyridines is 1. The molecule has 0 bridgehead atoms. The minimum atomic E-state index is -0.430. The second-order valence-corrected chi connectivity index (χ2v) is 7.64. The molecule has 1 saturated carbocycles. The topological polar surface area (TPSA) is 67.8 Å². The number of nitrogens with one attached hydrogen (secondary N) is 1. The molecule has 0 saturated heterocycles. The summed E-state index contributed by atoms with van der Waals surface area (Å²) in [5, 5.41) is 3.04. The molecular formula is C24H24N2O3. The Balaban J connectivity index is 1.41. The summed E-state index contributed by atoms with van der Waals surface area (Å²) in [4.78, 5) is 30.1. The molecule has 1 fully saturated rings. The van der Waals surface area contributed by atoms with Gasteiger partial charge in [-0.25, -0.2) is 0 Å². The summed E-state index contributed by atoms with van der Waals surface area (Å²) in [6, 6.07) is 15.3. The monoisotopic (exact) mass is 388 g/mol. The number of para-hydroxylation sites is 1. The van der Waals surface area contributed by atoms with Crippen molar-refractivity contribution in [1.29, 1.82) is 0 Å². The van der Waals surface area contributed by atoms with E-state index in [-0.39, 0.29) is 17.9 Å². The lowest BCUT2D eigenvalue weighted by Crippen LogP contribution is -2.41. The number of carbonyl (C=O) groups excluding carboxylic acids is 2. The van der Waals surface area contributed by atoms with E-state index in [4.69, 9.17) is 4.74 Å². The number of benzene rings is 2. The van der Waals surface area contributed by atoms with Gasteiger partial charge < -0.3 is 10.1 Å². The lowest BCUT2D eigenvalue weighted by molar-refractivity contribution is -0.124. The highest BCUT2D eigenvalue weighted by atomic mass is 16.5. The third-order valence-corrected chi connectivity index (χ3v) is 5.65. The molecule has 1 aliphatic carbocycles. The number of hydrogen-bond acceptors (Lipinski definition) is 4. The van der Waals surface area contributed by atoms with Crippen molar-refractivity contribution in [3.8, 4) is 5.75 Å². The maximum Gasteiger partial charge on any atom is 0.232 e. The van der Waals surface area contributed by atoms with E-state index >= 15 is 0 Å². The smallest absolute Gasteiger partial charge is 0.232 e. The molecule has 4 rings (SSSR count). The Morgan fingerprint density at radius 1 is 1.10 bits per heavy atom. The molecule has 0 radical (unpaired) electrons. The van der Waals surface area contributed by atoms with Gasteiger partial charge in [0.1, 0.15) is 11.9 Å². The van der Waals surface area contributed by atoms with Gasteiger partial charge in [-0.3, -0.25) is 14.6 Å². The molecule has 2 aromatic carbocycles. The van der Waals surface area contributed by atoms with Crippen LogP contribution in [-0.2, 0) is 10.2 Å². The number of Topliss-reactive ketones (excluding diaryl/α,β-unsaturated/α-hetero) is 1. The molecule has 1 unspecified atom stereocenters. The van der Waals surface area contributed by atoms with Crippen molar-refractivity contribution in [2.45, 2.75) is 37.8 Å². The Morgan fingerprint density at radius 2 is 1.83 bits per heavy atom. The Morgan fingerprint density at radius 3 is 2.45 bits per heavy atom. The van der Waals surface area contributed by atoms with E-state index in [1.807, 2.05) is 43.3 Å². The molecule has 5 nitrogen and oxygen atoms in total. The van der Waals surface area contributed by atoms with Crippen molar-refractivity contribution in [2.24, 2.45) is 4.99 Å². The Kier molecular flexibility index (Phi) is 5.05. The summed E-state index contributed by atoms with van der Waals surface area (Å²) in [5.74, 6) is 0.418. The zero-order chi connectivity index (χ0) is 20.4. The summed E-state index contributed by atoms with van der Waals surface area (Å²) in [6.07, 6.45) is 5.23. The largest absolute Gasteiger partial charge is 0.496 e. The van der Waals surface area contributed by atoms with Gasteiger partial charge in [-0.15, -0.1) is 0 Å². The molecule has 2 aromatic rings. The maximum absolute atomic E-state index is 12.9. The number of hydrogen-bond donors (Lipinski definition) is 1. The predicted octanol–water partition coefficient (Wildman–Crippen LogP) is 3.76. The number of amides is 1. The van der Waals surface area contributed by atoms with Crippen LogP contribution in [0.2, 0.25) is 0 Å². The highest BCUT2D eigenvalue weighted by Crippen LogP contribution is 2.48. The number of rotatable bonds is 6. The Labute approximate surface area is 170 Å². The van der Waals surface area contributed by atoms with Crippen LogP contribution in [0.5, 0.6) is 5.75 Å². The molecule has 1 aliphatic heterocycles. The number of ether oxygens (including phenoxy) is 1. The molecule has 1 heterocycles.